The van der Waals surface area contributed by atoms with Gasteiger partial charge in [0, 0.05) is 58.7 Å². The van der Waals surface area contributed by atoms with Crippen LogP contribution < -0.4 is 32.3 Å². The van der Waals surface area contributed by atoms with E-state index in [2.05, 4.69) is 52.6 Å². The molecule has 0 aromatic carbocycles. The molecule has 2 fully saturated rings. The van der Waals surface area contributed by atoms with Gasteiger partial charge in [0.15, 0.2) is 12.4 Å². The summed E-state index contributed by atoms with van der Waals surface area (Å²) in [5.74, 6) is -8.26. The van der Waals surface area contributed by atoms with Gasteiger partial charge < -0.3 is 81.3 Å². The Balaban J connectivity index is 1.78. The van der Waals surface area contributed by atoms with Gasteiger partial charge in [-0.05, 0) is 72.1 Å². The van der Waals surface area contributed by atoms with Crippen molar-refractivity contribution in [3.8, 4) is 0 Å². The summed E-state index contributed by atoms with van der Waals surface area (Å²) in [4.78, 5) is 139. The van der Waals surface area contributed by atoms with E-state index in [1.807, 2.05) is 0 Å². The molecule has 0 aromatic heterocycles. The second-order valence-corrected chi connectivity index (χ2v) is 28.0. The number of carbonyl (C=O) groups is 10. The van der Waals surface area contributed by atoms with Crippen LogP contribution in [0.15, 0.2) is 12.2 Å². The number of hydrogen-bond donors (Lipinski definition) is 11. The number of phosphoric ester groups is 1. The first-order valence-corrected chi connectivity index (χ1v) is 38.5. The van der Waals surface area contributed by atoms with E-state index < -0.39 is 186 Å². The van der Waals surface area contributed by atoms with Gasteiger partial charge in [0.1, 0.15) is 55.1 Å². The number of amides is 6. The van der Waals surface area contributed by atoms with E-state index in [0.29, 0.717) is 12.8 Å². The molecule has 0 aromatic rings. The Morgan fingerprint density at radius 2 is 1.15 bits per heavy atom. The molecule has 582 valence electrons. The predicted octanol–water partition coefficient (Wildman–Crippen LogP) is 5.60. The molecule has 0 aliphatic carbocycles. The van der Waals surface area contributed by atoms with Crippen LogP contribution in [0, 0.1) is 0 Å². The highest BCUT2D eigenvalue weighted by Crippen LogP contribution is 2.43. The van der Waals surface area contributed by atoms with E-state index in [1.54, 1.807) is 6.92 Å². The van der Waals surface area contributed by atoms with Crippen LogP contribution in [-0.4, -0.2) is 209 Å². The Labute approximate surface area is 597 Å². The van der Waals surface area contributed by atoms with Crippen molar-refractivity contribution >= 4 is 67.1 Å². The smallest absolute Gasteiger partial charge is 0.462 e. The molecule has 13 atom stereocenters. The number of aliphatic hydroxyl groups is 4. The van der Waals surface area contributed by atoms with Gasteiger partial charge in [0.25, 0.3) is 0 Å². The molecule has 0 spiro atoms. The fraction of sp³-hybridized carbons (Fsp3) is 0.829. The lowest BCUT2D eigenvalue weighted by atomic mass is 9.96. The summed E-state index contributed by atoms with van der Waals surface area (Å²) in [6.07, 6.45) is 23.4. The molecular formula is C70H124N7O23P. The minimum atomic E-state index is -4.81. The zero-order chi connectivity index (χ0) is 75.0. The number of aliphatic hydroxyl groups excluding tert-OH is 4. The molecule has 101 heavy (non-hydrogen) atoms. The highest BCUT2D eigenvalue weighted by molar-refractivity contribution is 7.47. The monoisotopic (exact) mass is 1460 g/mol. The molecular weight excluding hydrogens is 1340 g/mol. The molecule has 31 heteroatoms. The van der Waals surface area contributed by atoms with Gasteiger partial charge in [0.05, 0.1) is 32.0 Å². The Bertz CT molecular complexity index is 2520. The van der Waals surface area contributed by atoms with Gasteiger partial charge in [-0.1, -0.05) is 154 Å². The van der Waals surface area contributed by atoms with Crippen molar-refractivity contribution < 1.29 is 111 Å². The van der Waals surface area contributed by atoms with Crippen molar-refractivity contribution in [2.45, 2.75) is 327 Å². The van der Waals surface area contributed by atoms with Crippen LogP contribution in [0.3, 0.4) is 0 Å². The van der Waals surface area contributed by atoms with Crippen LogP contribution in [-0.2, 0) is 85.2 Å². The second-order valence-electron chi connectivity index (χ2n) is 26.6. The molecule has 30 nitrogen and oxygen atoms in total. The van der Waals surface area contributed by atoms with Crippen LogP contribution >= 0.6 is 7.82 Å². The fourth-order valence-electron chi connectivity index (χ4n) is 11.6. The third-order valence-electron chi connectivity index (χ3n) is 17.4. The number of carbonyl (C=O) groups excluding carboxylic acids is 10. The van der Waals surface area contributed by atoms with E-state index in [0.717, 1.165) is 64.2 Å². The number of phosphoric acid groups is 1. The number of allylic oxidation sites excluding steroid dienone is 2. The van der Waals surface area contributed by atoms with Gasteiger partial charge in [-0.2, -0.15) is 0 Å². The lowest BCUT2D eigenvalue weighted by molar-refractivity contribution is -0.268. The molecule has 2 heterocycles. The first kappa shape index (κ1) is 91.6. The molecule has 0 saturated carbocycles. The number of nitrogens with two attached hydrogens (primary N) is 1. The van der Waals surface area contributed by atoms with Crippen LogP contribution in [0.4, 0.5) is 0 Å². The van der Waals surface area contributed by atoms with Gasteiger partial charge in [-0.25, -0.2) is 14.2 Å². The average molecular weight is 1460 g/mol. The standard InChI is InChI=1S/C70H124N7O23P/c1-7-9-11-13-15-17-19-21-22-24-26-28-30-32-34-36-61(85)98-53(47-94-60(84)35-33-31-29-27-25-23-20-18-16-14-12-10-8-2)48-96-101(92,93)95-44-42-72-57(81)39-40-59(83)74-51(5)69(90)100-68(89)50(4)73-58(82)38-37-54(66(71)87)76-67(88)63-55(80)41-43-77(63)45-49(3)97-65-62(75-52(6)79)70(91)99-56(46-78)64(65)86/h21-22,49-51,53-56,62-65,70,78,80,86,91H,7-20,23-48H2,1-6H3,(H2,71,87)(H,72,81)(H,73,82)(H,74,83)(H,75,79)(H,76,88)(H,92,93)/t49?,50-,51-,53+,54+,55?,56+,62+,63-,64+,65+,70-/m0/s1. The highest BCUT2D eigenvalue weighted by Gasteiger charge is 2.47. The van der Waals surface area contributed by atoms with Crippen molar-refractivity contribution in [1.82, 2.24) is 31.5 Å². The number of ether oxygens (including phenoxy) is 5. The van der Waals surface area contributed by atoms with Crippen molar-refractivity contribution in [3.05, 3.63) is 12.2 Å². The van der Waals surface area contributed by atoms with E-state index >= 15 is 0 Å². The quantitative estimate of drug-likeness (QED) is 0.00881. The van der Waals surface area contributed by atoms with Crippen molar-refractivity contribution in [3.63, 3.8) is 0 Å². The Kier molecular flexibility index (Phi) is 49.1. The van der Waals surface area contributed by atoms with Gasteiger partial charge in [-0.3, -0.25) is 52.3 Å². The molecule has 0 radical (unpaired) electrons. The minimum absolute atomic E-state index is 0.0412. The summed E-state index contributed by atoms with van der Waals surface area (Å²) >= 11 is 0. The fourth-order valence-corrected chi connectivity index (χ4v) is 12.4. The largest absolute Gasteiger partial charge is 0.472 e. The average Bonchev–Trinajstić information content (AvgIpc) is 1.76. The summed E-state index contributed by atoms with van der Waals surface area (Å²) in [6.45, 7) is 7.15. The number of likely N-dealkylation sites (tertiary alicyclic amines) is 1. The summed E-state index contributed by atoms with van der Waals surface area (Å²) in [5.41, 5.74) is 5.56. The number of rotatable bonds is 58. The molecule has 2 aliphatic heterocycles. The number of esters is 4. The van der Waals surface area contributed by atoms with Gasteiger partial charge in [0.2, 0.25) is 35.4 Å². The maximum Gasteiger partial charge on any atom is 0.472 e. The number of primary amides is 1. The van der Waals surface area contributed by atoms with Gasteiger partial charge >= 0.3 is 31.7 Å². The molecule has 2 saturated heterocycles. The van der Waals surface area contributed by atoms with Crippen LogP contribution in [0.2, 0.25) is 0 Å². The Hall–Kier alpha value is -5.53. The Morgan fingerprint density at radius 3 is 1.67 bits per heavy atom. The summed E-state index contributed by atoms with van der Waals surface area (Å²) in [5, 5.41) is 53.7. The number of nitrogens with one attached hydrogen (secondary N) is 5. The third-order valence-corrected chi connectivity index (χ3v) is 18.4. The lowest BCUT2D eigenvalue weighted by Crippen LogP contribution is -2.65. The zero-order valence-electron chi connectivity index (χ0n) is 60.9. The maximum absolute atomic E-state index is 13.6. The zero-order valence-corrected chi connectivity index (χ0v) is 61.8. The van der Waals surface area contributed by atoms with E-state index in [1.165, 1.54) is 116 Å². The number of unbranched alkanes of at least 4 members (excludes halogenated alkanes) is 23. The normalized spacial score (nSPS) is 20.5. The second kappa shape index (κ2) is 54.1. The maximum atomic E-state index is 13.6. The topological polar surface area (TPSA) is 443 Å². The first-order chi connectivity index (χ1) is 48.2. The van der Waals surface area contributed by atoms with Crippen molar-refractivity contribution in [1.29, 1.82) is 0 Å². The van der Waals surface area contributed by atoms with Crippen LogP contribution in [0.25, 0.3) is 0 Å². The predicted molar refractivity (Wildman–Crippen MR) is 373 cm³/mol. The molecule has 2 aliphatic rings. The molecule has 12 N–H and O–H groups in total. The third kappa shape index (κ3) is 42.1. The first-order valence-electron chi connectivity index (χ1n) is 37.0. The van der Waals surface area contributed by atoms with Crippen molar-refractivity contribution in [2.75, 3.05) is 46.1 Å². The van der Waals surface area contributed by atoms with Gasteiger partial charge in [-0.15, -0.1) is 0 Å². The SMILES string of the molecule is CCCCCCCCC=CCCCCCCCC(=O)O[C@H](COC(=O)CCCCCCCCCCCCCCC)COP(=O)(O)OCCNC(=O)CCC(=O)N[C@@H](C)C(=O)OC(=O)[C@H](C)NC(=O)CC[C@@H](NC(=O)[C@@H]1C(O)CCN1CC(C)O[C@H]1[C@H](O)[C@@H](CO)O[C@H](O)[C@@H]1NC(C)=O)C(N)=O. The molecule has 2 rings (SSSR count). The highest BCUT2D eigenvalue weighted by atomic mass is 31.2. The summed E-state index contributed by atoms with van der Waals surface area (Å²) in [7, 11) is -4.81. The van der Waals surface area contributed by atoms with E-state index in [-0.39, 0.29) is 45.3 Å². The summed E-state index contributed by atoms with van der Waals surface area (Å²) < 4.78 is 50.1. The molecule has 0 bridgehead atoms. The van der Waals surface area contributed by atoms with Crippen LogP contribution in [0.1, 0.15) is 253 Å². The van der Waals surface area contributed by atoms with Crippen LogP contribution in [0.5, 0.6) is 0 Å². The van der Waals surface area contributed by atoms with E-state index in [9.17, 15) is 77.8 Å². The number of hydrogen-bond acceptors (Lipinski definition) is 23. The lowest BCUT2D eigenvalue weighted by Gasteiger charge is -2.43. The minimum Gasteiger partial charge on any atom is -0.462 e. The van der Waals surface area contributed by atoms with Crippen molar-refractivity contribution in [2.24, 2.45) is 5.73 Å². The van der Waals surface area contributed by atoms with E-state index in [4.69, 9.17) is 38.5 Å². The summed E-state index contributed by atoms with van der Waals surface area (Å²) in [6, 6.07) is -6.77. The Morgan fingerprint density at radius 1 is 0.644 bits per heavy atom. The molecule has 3 unspecified atom stereocenters. The number of nitrogens with zero attached hydrogens (tertiary/aromatic N) is 1. The molecule has 6 amide bonds.